The molecule has 3 rings (SSSR count). The Bertz CT molecular complexity index is 593. The number of benzene rings is 1. The number of anilines is 1. The highest BCUT2D eigenvalue weighted by Gasteiger charge is 2.23. The largest absolute Gasteiger partial charge is 0.394 e. The lowest BCUT2D eigenvalue weighted by Crippen LogP contribution is -2.44. The second-order valence-electron chi connectivity index (χ2n) is 4.49. The average molecular weight is 312 g/mol. The van der Waals surface area contributed by atoms with E-state index in [1.165, 1.54) is 11.3 Å². The van der Waals surface area contributed by atoms with Crippen molar-refractivity contribution in [1.82, 2.24) is 10.2 Å². The summed E-state index contributed by atoms with van der Waals surface area (Å²) in [6.07, 6.45) is -0.156. The minimum Gasteiger partial charge on any atom is -0.394 e. The molecule has 0 amide bonds. The lowest BCUT2D eigenvalue weighted by molar-refractivity contribution is 0.00353. The van der Waals surface area contributed by atoms with E-state index < -0.39 is 0 Å². The van der Waals surface area contributed by atoms with Crippen LogP contribution in [-0.2, 0) is 4.74 Å². The molecule has 2 heterocycles. The molecule has 1 aromatic carbocycles. The maximum Gasteiger partial charge on any atom is 0.208 e. The van der Waals surface area contributed by atoms with Crippen molar-refractivity contribution in [3.8, 4) is 10.6 Å². The summed E-state index contributed by atoms with van der Waals surface area (Å²) in [5, 5.41) is 19.9. The third kappa shape index (κ3) is 2.78. The highest BCUT2D eigenvalue weighted by atomic mass is 35.5. The number of aliphatic hydroxyl groups excluding tert-OH is 1. The SMILES string of the molecule is OC[C@H]1CN(c2nnc(-c3ccccc3Cl)s2)CCO1. The van der Waals surface area contributed by atoms with Gasteiger partial charge in [-0.2, -0.15) is 0 Å². The van der Waals surface area contributed by atoms with Crippen LogP contribution in [0.5, 0.6) is 0 Å². The zero-order valence-electron chi connectivity index (χ0n) is 10.7. The monoisotopic (exact) mass is 311 g/mol. The summed E-state index contributed by atoms with van der Waals surface area (Å²) in [6.45, 7) is 2.00. The Morgan fingerprint density at radius 3 is 3.05 bits per heavy atom. The van der Waals surface area contributed by atoms with E-state index in [1.54, 1.807) is 0 Å². The zero-order valence-corrected chi connectivity index (χ0v) is 12.3. The average Bonchev–Trinajstić information content (AvgIpc) is 2.97. The molecule has 1 fully saturated rings. The molecule has 20 heavy (non-hydrogen) atoms. The molecule has 0 aliphatic carbocycles. The van der Waals surface area contributed by atoms with Crippen LogP contribution in [0.15, 0.2) is 24.3 Å². The highest BCUT2D eigenvalue weighted by molar-refractivity contribution is 7.18. The number of hydrogen-bond donors (Lipinski definition) is 1. The quantitative estimate of drug-likeness (QED) is 0.940. The first-order chi connectivity index (χ1) is 9.78. The molecular weight excluding hydrogens is 298 g/mol. The Balaban J connectivity index is 1.82. The van der Waals surface area contributed by atoms with Gasteiger partial charge in [0.1, 0.15) is 0 Å². The minimum atomic E-state index is -0.156. The van der Waals surface area contributed by atoms with E-state index in [2.05, 4.69) is 15.1 Å². The van der Waals surface area contributed by atoms with Crippen LogP contribution in [0.4, 0.5) is 5.13 Å². The van der Waals surface area contributed by atoms with Crippen molar-refractivity contribution in [3.05, 3.63) is 29.3 Å². The number of hydrogen-bond acceptors (Lipinski definition) is 6. The molecule has 2 aromatic rings. The maximum atomic E-state index is 9.17. The van der Waals surface area contributed by atoms with E-state index in [1.807, 2.05) is 24.3 Å². The molecule has 106 valence electrons. The first kappa shape index (κ1) is 13.8. The fourth-order valence-electron chi connectivity index (χ4n) is 2.09. The summed E-state index contributed by atoms with van der Waals surface area (Å²) in [6, 6.07) is 7.59. The molecule has 7 heteroatoms. The first-order valence-corrected chi connectivity index (χ1v) is 7.53. The number of rotatable bonds is 3. The molecule has 1 aliphatic rings. The van der Waals surface area contributed by atoms with Gasteiger partial charge in [-0.3, -0.25) is 0 Å². The summed E-state index contributed by atoms with van der Waals surface area (Å²) < 4.78 is 5.43. The normalized spacial score (nSPS) is 19.3. The van der Waals surface area contributed by atoms with E-state index in [9.17, 15) is 5.11 Å². The number of nitrogens with zero attached hydrogens (tertiary/aromatic N) is 3. The van der Waals surface area contributed by atoms with Crippen molar-refractivity contribution >= 4 is 28.1 Å². The van der Waals surface area contributed by atoms with Gasteiger partial charge in [-0.25, -0.2) is 0 Å². The lowest BCUT2D eigenvalue weighted by atomic mass is 10.2. The third-order valence-electron chi connectivity index (χ3n) is 3.13. The molecule has 1 N–H and O–H groups in total. The van der Waals surface area contributed by atoms with E-state index in [0.29, 0.717) is 18.2 Å². The van der Waals surface area contributed by atoms with Gasteiger partial charge in [0.15, 0.2) is 5.01 Å². The van der Waals surface area contributed by atoms with Crippen molar-refractivity contribution < 1.29 is 9.84 Å². The summed E-state index contributed by atoms with van der Waals surface area (Å²) in [4.78, 5) is 2.09. The van der Waals surface area contributed by atoms with Crippen LogP contribution < -0.4 is 4.90 Å². The minimum absolute atomic E-state index is 0.0205. The Morgan fingerprint density at radius 1 is 1.40 bits per heavy atom. The highest BCUT2D eigenvalue weighted by Crippen LogP contribution is 2.33. The second-order valence-corrected chi connectivity index (χ2v) is 5.85. The van der Waals surface area contributed by atoms with Gasteiger partial charge in [0.25, 0.3) is 0 Å². The standard InChI is InChI=1S/C13H14ClN3O2S/c14-11-4-2-1-3-10(11)12-15-16-13(20-12)17-5-6-19-9(7-17)8-18/h1-4,9,18H,5-8H2/t9-/m1/s1. The Morgan fingerprint density at radius 2 is 2.25 bits per heavy atom. The van der Waals surface area contributed by atoms with Crippen LogP contribution in [0.1, 0.15) is 0 Å². The van der Waals surface area contributed by atoms with Gasteiger partial charge in [-0.05, 0) is 6.07 Å². The molecule has 1 aromatic heterocycles. The first-order valence-electron chi connectivity index (χ1n) is 6.33. The van der Waals surface area contributed by atoms with E-state index in [4.69, 9.17) is 16.3 Å². The fourth-order valence-corrected chi connectivity index (χ4v) is 3.29. The van der Waals surface area contributed by atoms with Crippen molar-refractivity contribution in [2.24, 2.45) is 0 Å². The topological polar surface area (TPSA) is 58.5 Å². The molecule has 0 radical (unpaired) electrons. The van der Waals surface area contributed by atoms with Crippen LogP contribution in [0.3, 0.4) is 0 Å². The van der Waals surface area contributed by atoms with Gasteiger partial charge in [0.2, 0.25) is 5.13 Å². The third-order valence-corrected chi connectivity index (χ3v) is 4.48. The number of morpholine rings is 1. The molecule has 1 atom stereocenters. The Kier molecular flexibility index (Phi) is 4.16. The van der Waals surface area contributed by atoms with Gasteiger partial charge in [-0.15, -0.1) is 10.2 Å². The van der Waals surface area contributed by atoms with Gasteiger partial charge >= 0.3 is 0 Å². The molecule has 5 nitrogen and oxygen atoms in total. The van der Waals surface area contributed by atoms with Crippen LogP contribution in [0, 0.1) is 0 Å². The Hall–Kier alpha value is -1.21. The molecule has 0 spiro atoms. The number of ether oxygens (including phenoxy) is 1. The predicted octanol–water partition coefficient (Wildman–Crippen LogP) is 2.06. The second kappa shape index (κ2) is 6.05. The number of aromatic nitrogens is 2. The summed E-state index contributed by atoms with van der Waals surface area (Å²) >= 11 is 7.67. The van der Waals surface area contributed by atoms with E-state index >= 15 is 0 Å². The van der Waals surface area contributed by atoms with Gasteiger partial charge < -0.3 is 14.7 Å². The summed E-state index contributed by atoms with van der Waals surface area (Å²) in [5.41, 5.74) is 0.893. The molecule has 0 saturated carbocycles. The summed E-state index contributed by atoms with van der Waals surface area (Å²) in [7, 11) is 0. The lowest BCUT2D eigenvalue weighted by Gasteiger charge is -2.31. The van der Waals surface area contributed by atoms with Crippen LogP contribution in [0.2, 0.25) is 5.02 Å². The van der Waals surface area contributed by atoms with Gasteiger partial charge in [-0.1, -0.05) is 41.1 Å². The molecule has 1 saturated heterocycles. The van der Waals surface area contributed by atoms with Crippen LogP contribution >= 0.6 is 22.9 Å². The van der Waals surface area contributed by atoms with Crippen molar-refractivity contribution in [3.63, 3.8) is 0 Å². The van der Waals surface area contributed by atoms with Crippen LogP contribution in [0.25, 0.3) is 10.6 Å². The van der Waals surface area contributed by atoms with Crippen molar-refractivity contribution in [1.29, 1.82) is 0 Å². The number of aliphatic hydroxyl groups is 1. The maximum absolute atomic E-state index is 9.17. The van der Waals surface area contributed by atoms with Crippen molar-refractivity contribution in [2.75, 3.05) is 31.2 Å². The summed E-state index contributed by atoms with van der Waals surface area (Å²) in [5.74, 6) is 0. The van der Waals surface area contributed by atoms with E-state index in [-0.39, 0.29) is 12.7 Å². The van der Waals surface area contributed by atoms with Crippen molar-refractivity contribution in [2.45, 2.75) is 6.10 Å². The predicted molar refractivity (Wildman–Crippen MR) is 79.4 cm³/mol. The number of halogens is 1. The fraction of sp³-hybridized carbons (Fsp3) is 0.385. The molecular formula is C13H14ClN3O2S. The van der Waals surface area contributed by atoms with Gasteiger partial charge in [0, 0.05) is 18.7 Å². The molecule has 0 bridgehead atoms. The molecule has 0 unspecified atom stereocenters. The van der Waals surface area contributed by atoms with Crippen LogP contribution in [-0.4, -0.2) is 47.7 Å². The zero-order chi connectivity index (χ0) is 13.9. The Labute approximate surface area is 125 Å². The van der Waals surface area contributed by atoms with Gasteiger partial charge in [0.05, 0.1) is 24.3 Å². The smallest absolute Gasteiger partial charge is 0.208 e. The molecule has 1 aliphatic heterocycles. The van der Waals surface area contributed by atoms with E-state index in [0.717, 1.165) is 22.2 Å².